The second-order valence-corrected chi connectivity index (χ2v) is 5.94. The zero-order valence-electron chi connectivity index (χ0n) is 13.2. The molecule has 0 spiro atoms. The third-order valence-electron chi connectivity index (χ3n) is 4.53. The van der Waals surface area contributed by atoms with Crippen LogP contribution in [0.1, 0.15) is 45.4 Å². The quantitative estimate of drug-likeness (QED) is 0.865. The molecule has 0 radical (unpaired) electrons. The van der Waals surface area contributed by atoms with Crippen LogP contribution in [0.3, 0.4) is 0 Å². The largest absolute Gasteiger partial charge is 0.346 e. The van der Waals surface area contributed by atoms with Gasteiger partial charge in [-0.1, -0.05) is 6.08 Å². The minimum atomic E-state index is -0.0419. The molecule has 118 valence electrons. The normalized spacial score (nSPS) is 21.3. The number of nitrogens with one attached hydrogen (secondary N) is 1. The zero-order valence-corrected chi connectivity index (χ0v) is 13.2. The number of likely N-dealkylation sites (tertiary alicyclic amines) is 1. The summed E-state index contributed by atoms with van der Waals surface area (Å²) in [6, 6.07) is -0.0419. The molecule has 2 rings (SSSR count). The Hall–Kier alpha value is -1.52. The summed E-state index contributed by atoms with van der Waals surface area (Å²) in [6.45, 7) is 3.86. The predicted molar refractivity (Wildman–Crippen MR) is 82.7 cm³/mol. The molecule has 1 N–H and O–H groups in total. The molecule has 0 bridgehead atoms. The number of nitrogens with zero attached hydrogens (tertiary/aromatic N) is 2. The van der Waals surface area contributed by atoms with Gasteiger partial charge in [-0.25, -0.2) is 4.79 Å². The van der Waals surface area contributed by atoms with Crippen LogP contribution in [0, 0.1) is 5.92 Å². The number of carbonyl (C=O) groups is 2. The third-order valence-corrected chi connectivity index (χ3v) is 4.53. The van der Waals surface area contributed by atoms with Gasteiger partial charge >= 0.3 is 6.03 Å². The van der Waals surface area contributed by atoms with Crippen molar-refractivity contribution in [3.8, 4) is 0 Å². The van der Waals surface area contributed by atoms with Crippen LogP contribution >= 0.6 is 0 Å². The molecule has 1 aliphatic carbocycles. The summed E-state index contributed by atoms with van der Waals surface area (Å²) in [4.78, 5) is 27.6. The molecule has 0 aromatic heterocycles. The highest BCUT2D eigenvalue weighted by Gasteiger charge is 2.30. The van der Waals surface area contributed by atoms with Gasteiger partial charge in [0.1, 0.15) is 0 Å². The Morgan fingerprint density at radius 3 is 2.90 bits per heavy atom. The fourth-order valence-electron chi connectivity index (χ4n) is 3.13. The van der Waals surface area contributed by atoms with Gasteiger partial charge in [0.15, 0.2) is 0 Å². The minimum Gasteiger partial charge on any atom is -0.346 e. The lowest BCUT2D eigenvalue weighted by Crippen LogP contribution is -2.45. The van der Waals surface area contributed by atoms with Crippen molar-refractivity contribution < 1.29 is 9.59 Å². The number of urea groups is 1. The minimum absolute atomic E-state index is 0.0419. The van der Waals surface area contributed by atoms with E-state index in [4.69, 9.17) is 0 Å². The Bertz CT molecular complexity index is 420. The molecule has 1 fully saturated rings. The standard InChI is InChI=1S/C16H27N3O2/c1-3-18(2)15(20)10-11-17-16(21)19-12-6-8-13-7-4-5-9-14(13)19/h9,13H,3-8,10-12H2,1-2H3,(H,17,21). The van der Waals surface area contributed by atoms with Gasteiger partial charge < -0.3 is 10.2 Å². The Labute approximate surface area is 127 Å². The summed E-state index contributed by atoms with van der Waals surface area (Å²) in [7, 11) is 1.78. The van der Waals surface area contributed by atoms with Crippen LogP contribution in [-0.4, -0.2) is 48.4 Å². The number of allylic oxidation sites excluding steroid dienone is 2. The van der Waals surface area contributed by atoms with E-state index in [1.807, 2.05) is 11.8 Å². The highest BCUT2D eigenvalue weighted by molar-refractivity contribution is 5.79. The number of rotatable bonds is 4. The fraction of sp³-hybridized carbons (Fsp3) is 0.750. The first-order valence-corrected chi connectivity index (χ1v) is 8.13. The first kappa shape index (κ1) is 15.9. The van der Waals surface area contributed by atoms with E-state index in [2.05, 4.69) is 11.4 Å². The highest BCUT2D eigenvalue weighted by atomic mass is 16.2. The molecule has 21 heavy (non-hydrogen) atoms. The lowest BCUT2D eigenvalue weighted by molar-refractivity contribution is -0.129. The van der Waals surface area contributed by atoms with Gasteiger partial charge in [-0.05, 0) is 44.9 Å². The topological polar surface area (TPSA) is 52.7 Å². The number of hydrogen-bond acceptors (Lipinski definition) is 2. The summed E-state index contributed by atoms with van der Waals surface area (Å²) in [5.74, 6) is 0.636. The van der Waals surface area contributed by atoms with Gasteiger partial charge in [-0.2, -0.15) is 0 Å². The molecule has 1 atom stereocenters. The van der Waals surface area contributed by atoms with Crippen LogP contribution in [0.25, 0.3) is 0 Å². The SMILES string of the molecule is CCN(C)C(=O)CCNC(=O)N1CCCC2CCCC=C21. The smallest absolute Gasteiger partial charge is 0.321 e. The maximum Gasteiger partial charge on any atom is 0.321 e. The van der Waals surface area contributed by atoms with Crippen molar-refractivity contribution in [3.05, 3.63) is 11.8 Å². The molecule has 5 heteroatoms. The van der Waals surface area contributed by atoms with Crippen molar-refractivity contribution in [3.63, 3.8) is 0 Å². The van der Waals surface area contributed by atoms with Gasteiger partial charge in [-0.15, -0.1) is 0 Å². The molecular formula is C16H27N3O2. The van der Waals surface area contributed by atoms with Gasteiger partial charge in [0.25, 0.3) is 0 Å². The Morgan fingerprint density at radius 1 is 1.38 bits per heavy atom. The molecular weight excluding hydrogens is 266 g/mol. The molecule has 1 heterocycles. The van der Waals surface area contributed by atoms with E-state index in [9.17, 15) is 9.59 Å². The number of carbonyl (C=O) groups excluding carboxylic acids is 2. The van der Waals surface area contributed by atoms with E-state index in [0.29, 0.717) is 25.4 Å². The monoisotopic (exact) mass is 293 g/mol. The van der Waals surface area contributed by atoms with Crippen LogP contribution < -0.4 is 5.32 Å². The molecule has 2 aliphatic rings. The molecule has 5 nitrogen and oxygen atoms in total. The number of amides is 3. The first-order valence-electron chi connectivity index (χ1n) is 8.13. The molecule has 3 amide bonds. The zero-order chi connectivity index (χ0) is 15.2. The van der Waals surface area contributed by atoms with E-state index in [-0.39, 0.29) is 11.9 Å². The summed E-state index contributed by atoms with van der Waals surface area (Å²) >= 11 is 0. The Kier molecular flexibility index (Phi) is 5.65. The van der Waals surface area contributed by atoms with E-state index in [1.165, 1.54) is 25.0 Å². The van der Waals surface area contributed by atoms with E-state index >= 15 is 0 Å². The van der Waals surface area contributed by atoms with Crippen LogP contribution in [0.5, 0.6) is 0 Å². The average molecular weight is 293 g/mol. The van der Waals surface area contributed by atoms with Crippen molar-refractivity contribution >= 4 is 11.9 Å². The maximum absolute atomic E-state index is 12.3. The van der Waals surface area contributed by atoms with E-state index in [0.717, 1.165) is 19.4 Å². The molecule has 1 aliphatic heterocycles. The fourth-order valence-corrected chi connectivity index (χ4v) is 3.13. The maximum atomic E-state index is 12.3. The first-order chi connectivity index (χ1) is 10.1. The molecule has 1 saturated heterocycles. The van der Waals surface area contributed by atoms with Gasteiger partial charge in [0, 0.05) is 38.8 Å². The Morgan fingerprint density at radius 2 is 2.14 bits per heavy atom. The highest BCUT2D eigenvalue weighted by Crippen LogP contribution is 2.34. The molecule has 0 saturated carbocycles. The second kappa shape index (κ2) is 7.48. The van der Waals surface area contributed by atoms with Gasteiger partial charge in [-0.3, -0.25) is 9.69 Å². The number of fused-ring (bicyclic) bond motifs is 1. The number of hydrogen-bond donors (Lipinski definition) is 1. The van der Waals surface area contributed by atoms with Gasteiger partial charge in [0.2, 0.25) is 5.91 Å². The Balaban J connectivity index is 1.82. The van der Waals surface area contributed by atoms with Crippen LogP contribution in [0.2, 0.25) is 0 Å². The van der Waals surface area contributed by atoms with Crippen LogP contribution in [-0.2, 0) is 4.79 Å². The average Bonchev–Trinajstić information content (AvgIpc) is 2.53. The lowest BCUT2D eigenvalue weighted by atomic mass is 9.85. The van der Waals surface area contributed by atoms with Gasteiger partial charge in [0.05, 0.1) is 0 Å². The van der Waals surface area contributed by atoms with Crippen LogP contribution in [0.15, 0.2) is 11.8 Å². The van der Waals surface area contributed by atoms with E-state index < -0.39 is 0 Å². The summed E-state index contributed by atoms with van der Waals surface area (Å²) in [5.41, 5.74) is 1.21. The third kappa shape index (κ3) is 3.99. The number of piperidine rings is 1. The summed E-state index contributed by atoms with van der Waals surface area (Å²) < 4.78 is 0. The lowest BCUT2D eigenvalue weighted by Gasteiger charge is -2.37. The van der Waals surface area contributed by atoms with Crippen molar-refractivity contribution in [1.29, 1.82) is 0 Å². The van der Waals surface area contributed by atoms with Crippen molar-refractivity contribution in [2.24, 2.45) is 5.92 Å². The summed E-state index contributed by atoms with van der Waals surface area (Å²) in [6.07, 6.45) is 8.39. The molecule has 0 aromatic rings. The molecule has 1 unspecified atom stereocenters. The van der Waals surface area contributed by atoms with E-state index in [1.54, 1.807) is 11.9 Å². The second-order valence-electron chi connectivity index (χ2n) is 5.94. The molecule has 0 aromatic carbocycles. The van der Waals surface area contributed by atoms with Crippen molar-refractivity contribution in [2.75, 3.05) is 26.7 Å². The predicted octanol–water partition coefficient (Wildman–Crippen LogP) is 2.34. The van der Waals surface area contributed by atoms with Crippen molar-refractivity contribution in [1.82, 2.24) is 15.1 Å². The summed E-state index contributed by atoms with van der Waals surface area (Å²) in [5, 5.41) is 2.89. The van der Waals surface area contributed by atoms with Crippen molar-refractivity contribution in [2.45, 2.75) is 45.4 Å². The van der Waals surface area contributed by atoms with Crippen LogP contribution in [0.4, 0.5) is 4.79 Å².